The second-order valence-corrected chi connectivity index (χ2v) is 7.98. The standard InChI is InChI=1S/C26H24ClN3O/c1-18-13-15-22(16-14-18)24(21-11-7-4-8-12-21)28-26(31)23-19(2)29-30(25(23)27)17-20-9-5-3-6-10-20/h3-16,24H,17H2,1-2H3,(H,28,31). The van der Waals surface area contributed by atoms with Crippen molar-refractivity contribution in [2.75, 3.05) is 0 Å². The maximum absolute atomic E-state index is 13.3. The topological polar surface area (TPSA) is 46.9 Å². The van der Waals surface area contributed by atoms with E-state index in [4.69, 9.17) is 11.6 Å². The molecule has 156 valence electrons. The molecule has 0 radical (unpaired) electrons. The van der Waals surface area contributed by atoms with Gasteiger partial charge in [0.05, 0.1) is 23.8 Å². The van der Waals surface area contributed by atoms with Crippen molar-refractivity contribution in [3.05, 3.63) is 124 Å². The number of benzene rings is 3. The number of carbonyl (C=O) groups is 1. The third kappa shape index (κ3) is 4.70. The Balaban J connectivity index is 1.64. The van der Waals surface area contributed by atoms with E-state index in [1.165, 1.54) is 5.56 Å². The Labute approximate surface area is 187 Å². The first-order valence-corrected chi connectivity index (χ1v) is 10.6. The zero-order chi connectivity index (χ0) is 21.8. The molecule has 0 bridgehead atoms. The van der Waals surface area contributed by atoms with Crippen LogP contribution < -0.4 is 5.32 Å². The van der Waals surface area contributed by atoms with Crippen LogP contribution in [0.3, 0.4) is 0 Å². The fraction of sp³-hybridized carbons (Fsp3) is 0.154. The number of carbonyl (C=O) groups excluding carboxylic acids is 1. The molecule has 0 spiro atoms. The largest absolute Gasteiger partial charge is 0.341 e. The van der Waals surface area contributed by atoms with Gasteiger partial charge in [0.15, 0.2) is 0 Å². The zero-order valence-electron chi connectivity index (χ0n) is 17.5. The summed E-state index contributed by atoms with van der Waals surface area (Å²) in [6, 6.07) is 27.8. The van der Waals surface area contributed by atoms with E-state index in [-0.39, 0.29) is 11.9 Å². The van der Waals surface area contributed by atoms with Crippen molar-refractivity contribution in [2.24, 2.45) is 0 Å². The lowest BCUT2D eigenvalue weighted by atomic mass is 9.97. The molecular formula is C26H24ClN3O. The molecule has 0 aliphatic carbocycles. The minimum atomic E-state index is -0.290. The van der Waals surface area contributed by atoms with Crippen LogP contribution in [0.15, 0.2) is 84.9 Å². The van der Waals surface area contributed by atoms with E-state index in [1.807, 2.05) is 98.8 Å². The maximum Gasteiger partial charge on any atom is 0.257 e. The van der Waals surface area contributed by atoms with Crippen molar-refractivity contribution in [2.45, 2.75) is 26.4 Å². The van der Waals surface area contributed by atoms with E-state index in [0.29, 0.717) is 23.0 Å². The highest BCUT2D eigenvalue weighted by Crippen LogP contribution is 2.26. The average Bonchev–Trinajstić information content (AvgIpc) is 3.07. The summed E-state index contributed by atoms with van der Waals surface area (Å²) in [5.41, 5.74) is 5.27. The first-order valence-electron chi connectivity index (χ1n) is 10.2. The molecule has 0 saturated carbocycles. The molecule has 1 N–H and O–H groups in total. The lowest BCUT2D eigenvalue weighted by molar-refractivity contribution is 0.0942. The summed E-state index contributed by atoms with van der Waals surface area (Å²) < 4.78 is 1.67. The second-order valence-electron chi connectivity index (χ2n) is 7.62. The van der Waals surface area contributed by atoms with Crippen LogP contribution in [0, 0.1) is 13.8 Å². The number of aryl methyl sites for hydroxylation is 2. The van der Waals surface area contributed by atoms with Gasteiger partial charge in [-0.25, -0.2) is 4.68 Å². The van der Waals surface area contributed by atoms with E-state index >= 15 is 0 Å². The predicted molar refractivity (Wildman–Crippen MR) is 124 cm³/mol. The molecular weight excluding hydrogens is 406 g/mol. The van der Waals surface area contributed by atoms with Crippen molar-refractivity contribution < 1.29 is 4.79 Å². The van der Waals surface area contributed by atoms with Gasteiger partial charge in [-0.1, -0.05) is 102 Å². The third-order valence-electron chi connectivity index (χ3n) is 5.29. The number of hydrogen-bond donors (Lipinski definition) is 1. The molecule has 4 rings (SSSR count). The second kappa shape index (κ2) is 9.19. The fourth-order valence-electron chi connectivity index (χ4n) is 3.64. The van der Waals surface area contributed by atoms with Gasteiger partial charge in [-0.2, -0.15) is 5.10 Å². The Bertz CT molecular complexity index is 1170. The van der Waals surface area contributed by atoms with Gasteiger partial charge < -0.3 is 5.32 Å². The summed E-state index contributed by atoms with van der Waals surface area (Å²) >= 11 is 6.61. The number of amides is 1. The first kappa shape index (κ1) is 20.9. The highest BCUT2D eigenvalue weighted by atomic mass is 35.5. The van der Waals surface area contributed by atoms with Crippen molar-refractivity contribution in [3.8, 4) is 0 Å². The van der Waals surface area contributed by atoms with Gasteiger partial charge in [0, 0.05) is 0 Å². The fourth-order valence-corrected chi connectivity index (χ4v) is 3.96. The van der Waals surface area contributed by atoms with Gasteiger partial charge in [0.1, 0.15) is 5.15 Å². The summed E-state index contributed by atoms with van der Waals surface area (Å²) in [6.45, 7) is 4.36. The Morgan fingerprint density at radius 1 is 0.903 bits per heavy atom. The molecule has 1 atom stereocenters. The minimum absolute atomic E-state index is 0.240. The van der Waals surface area contributed by atoms with E-state index in [9.17, 15) is 4.79 Å². The smallest absolute Gasteiger partial charge is 0.257 e. The van der Waals surface area contributed by atoms with E-state index in [0.717, 1.165) is 16.7 Å². The summed E-state index contributed by atoms with van der Waals surface area (Å²) in [6.07, 6.45) is 0. The molecule has 0 aliphatic rings. The molecule has 1 aromatic heterocycles. The van der Waals surface area contributed by atoms with Crippen LogP contribution >= 0.6 is 11.6 Å². The van der Waals surface area contributed by atoms with Crippen LogP contribution in [0.2, 0.25) is 5.15 Å². The summed E-state index contributed by atoms with van der Waals surface area (Å²) in [5, 5.41) is 8.02. The van der Waals surface area contributed by atoms with Crippen LogP contribution in [-0.2, 0) is 6.54 Å². The first-order chi connectivity index (χ1) is 15.0. The monoisotopic (exact) mass is 429 g/mol. The number of nitrogens with zero attached hydrogens (tertiary/aromatic N) is 2. The van der Waals surface area contributed by atoms with Crippen molar-refractivity contribution in [1.29, 1.82) is 0 Å². The predicted octanol–water partition coefficient (Wildman–Crippen LogP) is 5.72. The van der Waals surface area contributed by atoms with Gasteiger partial charge in [0.25, 0.3) is 5.91 Å². The highest BCUT2D eigenvalue weighted by Gasteiger charge is 2.24. The van der Waals surface area contributed by atoms with Gasteiger partial charge in [0.2, 0.25) is 0 Å². The number of hydrogen-bond acceptors (Lipinski definition) is 2. The molecule has 0 aliphatic heterocycles. The van der Waals surface area contributed by atoms with Crippen LogP contribution in [0.5, 0.6) is 0 Å². The summed E-state index contributed by atoms with van der Waals surface area (Å²) in [5.74, 6) is -0.240. The molecule has 0 saturated heterocycles. The number of rotatable bonds is 6. The molecule has 31 heavy (non-hydrogen) atoms. The molecule has 1 heterocycles. The van der Waals surface area contributed by atoms with Crippen LogP contribution in [0.4, 0.5) is 0 Å². The minimum Gasteiger partial charge on any atom is -0.341 e. The van der Waals surface area contributed by atoms with Crippen LogP contribution in [0.25, 0.3) is 0 Å². The molecule has 4 aromatic rings. The van der Waals surface area contributed by atoms with E-state index < -0.39 is 0 Å². The highest BCUT2D eigenvalue weighted by molar-refractivity contribution is 6.33. The van der Waals surface area contributed by atoms with Gasteiger partial charge in [-0.15, -0.1) is 0 Å². The summed E-state index contributed by atoms with van der Waals surface area (Å²) in [4.78, 5) is 13.3. The number of nitrogens with one attached hydrogen (secondary N) is 1. The van der Waals surface area contributed by atoms with Crippen molar-refractivity contribution >= 4 is 17.5 Å². The molecule has 5 heteroatoms. The zero-order valence-corrected chi connectivity index (χ0v) is 18.3. The normalized spacial score (nSPS) is 11.8. The Morgan fingerprint density at radius 3 is 2.13 bits per heavy atom. The Kier molecular flexibility index (Phi) is 6.19. The number of aromatic nitrogens is 2. The Morgan fingerprint density at radius 2 is 1.48 bits per heavy atom. The summed E-state index contributed by atoms with van der Waals surface area (Å²) in [7, 11) is 0. The van der Waals surface area contributed by atoms with Crippen LogP contribution in [-0.4, -0.2) is 15.7 Å². The van der Waals surface area contributed by atoms with Gasteiger partial charge >= 0.3 is 0 Å². The SMILES string of the molecule is Cc1ccc(C(NC(=O)c2c(C)nn(Cc3ccccc3)c2Cl)c2ccccc2)cc1. The molecule has 1 unspecified atom stereocenters. The lowest BCUT2D eigenvalue weighted by Gasteiger charge is -2.20. The lowest BCUT2D eigenvalue weighted by Crippen LogP contribution is -2.29. The van der Waals surface area contributed by atoms with Gasteiger partial charge in [-0.05, 0) is 30.5 Å². The van der Waals surface area contributed by atoms with Crippen LogP contribution in [0.1, 0.15) is 44.3 Å². The van der Waals surface area contributed by atoms with Crippen molar-refractivity contribution in [3.63, 3.8) is 0 Å². The number of halogens is 1. The molecule has 0 fully saturated rings. The quantitative estimate of drug-likeness (QED) is 0.426. The Hall–Kier alpha value is -3.37. The van der Waals surface area contributed by atoms with E-state index in [1.54, 1.807) is 4.68 Å². The van der Waals surface area contributed by atoms with E-state index in [2.05, 4.69) is 10.4 Å². The average molecular weight is 430 g/mol. The molecule has 3 aromatic carbocycles. The van der Waals surface area contributed by atoms with Crippen molar-refractivity contribution in [1.82, 2.24) is 15.1 Å². The third-order valence-corrected chi connectivity index (χ3v) is 5.67. The van der Waals surface area contributed by atoms with Gasteiger partial charge in [-0.3, -0.25) is 4.79 Å². The molecule has 4 nitrogen and oxygen atoms in total. The maximum atomic E-state index is 13.3. The molecule has 1 amide bonds.